The number of morpholine rings is 1. The van der Waals surface area contributed by atoms with Crippen molar-refractivity contribution in [2.75, 3.05) is 42.6 Å². The molecule has 1 aromatic heterocycles. The van der Waals surface area contributed by atoms with Gasteiger partial charge in [-0.15, -0.1) is 0 Å². The van der Waals surface area contributed by atoms with Crippen molar-refractivity contribution in [2.24, 2.45) is 11.8 Å². The van der Waals surface area contributed by atoms with Crippen LogP contribution in [0.5, 0.6) is 0 Å². The number of fused-ring (bicyclic) bond motifs is 1. The third-order valence-electron chi connectivity index (χ3n) is 5.98. The molecule has 3 heterocycles. The van der Waals surface area contributed by atoms with Crippen molar-refractivity contribution < 1.29 is 9.13 Å². The van der Waals surface area contributed by atoms with Crippen LogP contribution < -0.4 is 15.4 Å². The van der Waals surface area contributed by atoms with E-state index in [1.54, 1.807) is 6.07 Å². The highest BCUT2D eigenvalue weighted by Crippen LogP contribution is 2.51. The number of nitrogens with one attached hydrogen (secondary N) is 1. The van der Waals surface area contributed by atoms with Crippen LogP contribution in [-0.4, -0.2) is 48.9 Å². The van der Waals surface area contributed by atoms with E-state index < -0.39 is 0 Å². The number of aromatic amines is 1. The lowest BCUT2D eigenvalue weighted by Crippen LogP contribution is -2.40. The molecule has 3 fully saturated rings. The number of rotatable bonds is 4. The van der Waals surface area contributed by atoms with Crippen LogP contribution in [0.1, 0.15) is 12.0 Å². The summed E-state index contributed by atoms with van der Waals surface area (Å²) in [5, 5.41) is 0. The number of anilines is 2. The van der Waals surface area contributed by atoms with E-state index in [9.17, 15) is 9.18 Å². The van der Waals surface area contributed by atoms with Crippen molar-refractivity contribution in [1.29, 1.82) is 0 Å². The summed E-state index contributed by atoms with van der Waals surface area (Å²) in [6.07, 6.45) is 2.07. The van der Waals surface area contributed by atoms with Crippen LogP contribution >= 0.6 is 0 Å². The minimum absolute atomic E-state index is 0.123. The summed E-state index contributed by atoms with van der Waals surface area (Å²) < 4.78 is 18.6. The third kappa shape index (κ3) is 3.32. The Labute approximate surface area is 157 Å². The topological polar surface area (TPSA) is 61.5 Å². The second-order valence-electron chi connectivity index (χ2n) is 7.74. The fourth-order valence-electron chi connectivity index (χ4n) is 4.46. The molecule has 0 radical (unpaired) electrons. The highest BCUT2D eigenvalue weighted by molar-refractivity contribution is 5.47. The number of nitrogens with zero attached hydrogens (tertiary/aromatic N) is 3. The van der Waals surface area contributed by atoms with Gasteiger partial charge in [0.05, 0.1) is 13.2 Å². The molecule has 27 heavy (non-hydrogen) atoms. The lowest BCUT2D eigenvalue weighted by atomic mass is 10.0. The lowest BCUT2D eigenvalue weighted by molar-refractivity contribution is 0.122. The van der Waals surface area contributed by atoms with E-state index in [-0.39, 0.29) is 11.4 Å². The first-order valence-corrected chi connectivity index (χ1v) is 9.62. The molecular weight excluding hydrogens is 347 g/mol. The lowest BCUT2D eigenvalue weighted by Gasteiger charge is -2.31. The van der Waals surface area contributed by atoms with E-state index in [0.29, 0.717) is 37.0 Å². The van der Waals surface area contributed by atoms with E-state index in [4.69, 9.17) is 9.72 Å². The van der Waals surface area contributed by atoms with Gasteiger partial charge < -0.3 is 14.5 Å². The molecule has 1 aliphatic carbocycles. The molecule has 3 aliphatic rings. The molecule has 2 aromatic rings. The van der Waals surface area contributed by atoms with Crippen LogP contribution in [0.25, 0.3) is 0 Å². The number of halogens is 1. The zero-order valence-corrected chi connectivity index (χ0v) is 15.1. The van der Waals surface area contributed by atoms with Gasteiger partial charge in [-0.2, -0.15) is 4.98 Å². The van der Waals surface area contributed by atoms with Crippen LogP contribution in [0, 0.1) is 17.7 Å². The van der Waals surface area contributed by atoms with Crippen molar-refractivity contribution >= 4 is 11.8 Å². The van der Waals surface area contributed by atoms with Crippen LogP contribution in [0.3, 0.4) is 0 Å². The highest BCUT2D eigenvalue weighted by Gasteiger charge is 2.52. The maximum atomic E-state index is 13.2. The Balaban J connectivity index is 1.41. The summed E-state index contributed by atoms with van der Waals surface area (Å²) in [7, 11) is 0. The molecule has 1 N–H and O–H groups in total. The van der Waals surface area contributed by atoms with Gasteiger partial charge in [0.25, 0.3) is 5.56 Å². The van der Waals surface area contributed by atoms with Crippen molar-refractivity contribution in [3.05, 3.63) is 52.1 Å². The van der Waals surface area contributed by atoms with E-state index in [1.807, 2.05) is 12.1 Å². The molecule has 1 aromatic carbocycles. The second-order valence-corrected chi connectivity index (χ2v) is 7.74. The summed E-state index contributed by atoms with van der Waals surface area (Å²) in [6, 6.07) is 8.59. The number of H-pyrrole nitrogens is 1. The second kappa shape index (κ2) is 6.64. The summed E-state index contributed by atoms with van der Waals surface area (Å²) in [4.78, 5) is 24.3. The number of hydrogen-bond donors (Lipinski definition) is 1. The Morgan fingerprint density at radius 3 is 2.78 bits per heavy atom. The average Bonchev–Trinajstić information content (AvgIpc) is 3.38. The molecule has 7 heteroatoms. The minimum atomic E-state index is -0.212. The Morgan fingerprint density at radius 2 is 2.00 bits per heavy atom. The number of aromatic nitrogens is 2. The quantitative estimate of drug-likeness (QED) is 0.890. The van der Waals surface area contributed by atoms with Crippen molar-refractivity contribution in [2.45, 2.75) is 18.9 Å². The van der Waals surface area contributed by atoms with E-state index in [1.165, 1.54) is 18.6 Å². The van der Waals surface area contributed by atoms with Crippen molar-refractivity contribution in [1.82, 2.24) is 9.97 Å². The van der Waals surface area contributed by atoms with E-state index >= 15 is 0 Å². The number of piperidine rings is 1. The van der Waals surface area contributed by atoms with Gasteiger partial charge in [0, 0.05) is 31.7 Å². The molecular formula is C20H23FN4O2. The summed E-state index contributed by atoms with van der Waals surface area (Å²) in [5.74, 6) is 2.47. The van der Waals surface area contributed by atoms with Gasteiger partial charge >= 0.3 is 0 Å². The molecule has 0 spiro atoms. The Hall–Kier alpha value is -2.41. The predicted octanol–water partition coefficient (Wildman–Crippen LogP) is 1.81. The van der Waals surface area contributed by atoms with Crippen molar-refractivity contribution in [3.63, 3.8) is 0 Å². The molecule has 6 nitrogen and oxygen atoms in total. The molecule has 0 unspecified atom stereocenters. The fraction of sp³-hybridized carbons (Fsp3) is 0.500. The van der Waals surface area contributed by atoms with Gasteiger partial charge in [0.1, 0.15) is 11.6 Å². The molecule has 2 aliphatic heterocycles. The Bertz CT molecular complexity index is 878. The summed E-state index contributed by atoms with van der Waals surface area (Å²) >= 11 is 0. The number of ether oxygens (including phenoxy) is 1. The molecule has 142 valence electrons. The Kier molecular flexibility index (Phi) is 4.11. The molecule has 1 saturated carbocycles. The maximum absolute atomic E-state index is 13.2. The van der Waals surface area contributed by atoms with Gasteiger partial charge in [0.2, 0.25) is 5.95 Å². The van der Waals surface area contributed by atoms with Crippen LogP contribution in [0.4, 0.5) is 16.2 Å². The van der Waals surface area contributed by atoms with E-state index in [0.717, 1.165) is 37.4 Å². The fourth-order valence-corrected chi connectivity index (χ4v) is 4.46. The molecule has 0 amide bonds. The third-order valence-corrected chi connectivity index (χ3v) is 5.98. The first kappa shape index (κ1) is 16.7. The summed E-state index contributed by atoms with van der Waals surface area (Å²) in [6.45, 7) is 3.74. The normalized spacial score (nSPS) is 26.9. The monoisotopic (exact) mass is 370 g/mol. The zero-order chi connectivity index (χ0) is 18.4. The maximum Gasteiger partial charge on any atom is 0.254 e. The molecule has 0 bridgehead atoms. The van der Waals surface area contributed by atoms with Crippen LogP contribution in [0.2, 0.25) is 0 Å². The minimum Gasteiger partial charge on any atom is -0.378 e. The SMILES string of the molecule is O=c1cc(N2CCOCC2)nc(N2C[C@H]3C[C@@H]3[C@H]2Cc2ccc(F)cc2)[nH]1. The Morgan fingerprint density at radius 1 is 1.22 bits per heavy atom. The predicted molar refractivity (Wildman–Crippen MR) is 101 cm³/mol. The van der Waals surface area contributed by atoms with Crippen LogP contribution in [0.15, 0.2) is 35.1 Å². The highest BCUT2D eigenvalue weighted by atomic mass is 19.1. The summed E-state index contributed by atoms with van der Waals surface area (Å²) in [5.41, 5.74) is 0.994. The standard InChI is InChI=1S/C20H23FN4O2/c21-15-3-1-13(2-4-15)9-17-16-10-14(16)12-25(17)20-22-18(11-19(26)23-20)24-5-7-27-8-6-24/h1-4,11,14,16-17H,5-10,12H2,(H,22,23,26)/t14-,16+,17-/m1/s1. The van der Waals surface area contributed by atoms with Gasteiger partial charge in [-0.25, -0.2) is 4.39 Å². The average molecular weight is 370 g/mol. The van der Waals surface area contributed by atoms with Crippen LogP contribution in [-0.2, 0) is 11.2 Å². The zero-order valence-electron chi connectivity index (χ0n) is 15.1. The van der Waals surface area contributed by atoms with Crippen molar-refractivity contribution in [3.8, 4) is 0 Å². The smallest absolute Gasteiger partial charge is 0.254 e. The first-order chi connectivity index (χ1) is 13.2. The first-order valence-electron chi connectivity index (χ1n) is 9.62. The molecule has 5 rings (SSSR count). The number of hydrogen-bond acceptors (Lipinski definition) is 5. The number of benzene rings is 1. The van der Waals surface area contributed by atoms with Gasteiger partial charge in [0.15, 0.2) is 0 Å². The molecule has 2 saturated heterocycles. The molecule has 3 atom stereocenters. The van der Waals surface area contributed by atoms with Gasteiger partial charge in [-0.3, -0.25) is 9.78 Å². The van der Waals surface area contributed by atoms with E-state index in [2.05, 4.69) is 14.8 Å². The largest absolute Gasteiger partial charge is 0.378 e. The van der Waals surface area contributed by atoms with Gasteiger partial charge in [-0.05, 0) is 42.4 Å². The van der Waals surface area contributed by atoms with Gasteiger partial charge in [-0.1, -0.05) is 12.1 Å².